The fourth-order valence-corrected chi connectivity index (χ4v) is 1.91. The SMILES string of the molecule is COc1ccccc1COC(O)COCc1ccccc1. The summed E-state index contributed by atoms with van der Waals surface area (Å²) in [6.07, 6.45) is -0.960. The Bertz CT molecular complexity index is 527. The maximum atomic E-state index is 9.76. The number of rotatable bonds is 8. The van der Waals surface area contributed by atoms with Gasteiger partial charge >= 0.3 is 0 Å². The van der Waals surface area contributed by atoms with E-state index in [9.17, 15) is 5.11 Å². The van der Waals surface area contributed by atoms with E-state index in [1.54, 1.807) is 7.11 Å². The van der Waals surface area contributed by atoms with Crippen LogP contribution in [-0.2, 0) is 22.7 Å². The molecule has 0 saturated heterocycles. The first-order valence-corrected chi connectivity index (χ1v) is 6.83. The van der Waals surface area contributed by atoms with Crippen LogP contribution >= 0.6 is 0 Å². The molecule has 1 N–H and O–H groups in total. The Morgan fingerprint density at radius 1 is 0.952 bits per heavy atom. The Hall–Kier alpha value is -1.88. The Balaban J connectivity index is 1.71. The van der Waals surface area contributed by atoms with Gasteiger partial charge < -0.3 is 19.3 Å². The molecule has 2 aromatic rings. The summed E-state index contributed by atoms with van der Waals surface area (Å²) in [5.74, 6) is 0.745. The Morgan fingerprint density at radius 3 is 2.43 bits per heavy atom. The van der Waals surface area contributed by atoms with Crippen molar-refractivity contribution in [1.29, 1.82) is 0 Å². The number of benzene rings is 2. The minimum atomic E-state index is -0.960. The van der Waals surface area contributed by atoms with E-state index in [0.29, 0.717) is 6.61 Å². The third-order valence-electron chi connectivity index (χ3n) is 3.00. The lowest BCUT2D eigenvalue weighted by Gasteiger charge is -2.14. The van der Waals surface area contributed by atoms with Crippen LogP contribution in [0.1, 0.15) is 11.1 Å². The van der Waals surface area contributed by atoms with E-state index in [1.807, 2.05) is 54.6 Å². The van der Waals surface area contributed by atoms with Crippen molar-refractivity contribution in [2.75, 3.05) is 13.7 Å². The van der Waals surface area contributed by atoms with Crippen LogP contribution in [0.15, 0.2) is 54.6 Å². The highest BCUT2D eigenvalue weighted by Gasteiger charge is 2.07. The van der Waals surface area contributed by atoms with Gasteiger partial charge in [0.05, 0.1) is 26.9 Å². The molecule has 21 heavy (non-hydrogen) atoms. The van der Waals surface area contributed by atoms with Crippen LogP contribution in [0.3, 0.4) is 0 Å². The van der Waals surface area contributed by atoms with E-state index in [2.05, 4.69) is 0 Å². The van der Waals surface area contributed by atoms with Crippen molar-refractivity contribution in [3.63, 3.8) is 0 Å². The molecular formula is C17H20O4. The molecule has 4 heteroatoms. The molecule has 2 rings (SSSR count). The molecule has 0 heterocycles. The average Bonchev–Trinajstić information content (AvgIpc) is 2.54. The van der Waals surface area contributed by atoms with Crippen molar-refractivity contribution in [2.24, 2.45) is 0 Å². The summed E-state index contributed by atoms with van der Waals surface area (Å²) in [4.78, 5) is 0. The largest absolute Gasteiger partial charge is 0.496 e. The molecule has 112 valence electrons. The molecule has 0 radical (unpaired) electrons. The van der Waals surface area contributed by atoms with E-state index in [4.69, 9.17) is 14.2 Å². The molecule has 0 aromatic heterocycles. The van der Waals surface area contributed by atoms with Crippen molar-refractivity contribution in [1.82, 2.24) is 0 Å². The first-order chi connectivity index (χ1) is 10.3. The van der Waals surface area contributed by atoms with Crippen molar-refractivity contribution in [3.05, 3.63) is 65.7 Å². The maximum Gasteiger partial charge on any atom is 0.178 e. The van der Waals surface area contributed by atoms with Gasteiger partial charge in [-0.15, -0.1) is 0 Å². The molecule has 0 fully saturated rings. The summed E-state index contributed by atoms with van der Waals surface area (Å²) in [6.45, 7) is 0.861. The van der Waals surface area contributed by atoms with Crippen LogP contribution in [0, 0.1) is 0 Å². The number of aliphatic hydroxyl groups excluding tert-OH is 1. The Morgan fingerprint density at radius 2 is 1.67 bits per heavy atom. The lowest BCUT2D eigenvalue weighted by molar-refractivity contribution is -0.147. The van der Waals surface area contributed by atoms with Crippen molar-refractivity contribution in [2.45, 2.75) is 19.5 Å². The minimum absolute atomic E-state index is 0.129. The normalized spacial score (nSPS) is 12.1. The van der Waals surface area contributed by atoms with Gasteiger partial charge in [-0.2, -0.15) is 0 Å². The zero-order chi connectivity index (χ0) is 14.9. The number of methoxy groups -OCH3 is 1. The summed E-state index contributed by atoms with van der Waals surface area (Å²) >= 11 is 0. The van der Waals surface area contributed by atoms with Gasteiger partial charge in [0.1, 0.15) is 5.75 Å². The highest BCUT2D eigenvalue weighted by molar-refractivity contribution is 5.32. The van der Waals surface area contributed by atoms with Crippen LogP contribution in [0.2, 0.25) is 0 Å². The second-order valence-corrected chi connectivity index (χ2v) is 4.58. The van der Waals surface area contributed by atoms with Gasteiger partial charge in [-0.1, -0.05) is 48.5 Å². The second kappa shape index (κ2) is 8.42. The maximum absolute atomic E-state index is 9.76. The number of para-hydroxylation sites is 1. The molecule has 0 amide bonds. The fourth-order valence-electron chi connectivity index (χ4n) is 1.91. The first-order valence-electron chi connectivity index (χ1n) is 6.83. The lowest BCUT2D eigenvalue weighted by Crippen LogP contribution is -2.19. The Labute approximate surface area is 124 Å². The third kappa shape index (κ3) is 5.19. The number of ether oxygens (including phenoxy) is 3. The molecule has 0 aliphatic carbocycles. The third-order valence-corrected chi connectivity index (χ3v) is 3.00. The quantitative estimate of drug-likeness (QED) is 0.759. The lowest BCUT2D eigenvalue weighted by atomic mass is 10.2. The van der Waals surface area contributed by atoms with Crippen molar-refractivity contribution in [3.8, 4) is 5.75 Å². The van der Waals surface area contributed by atoms with E-state index in [1.165, 1.54) is 0 Å². The molecule has 0 saturated carbocycles. The van der Waals surface area contributed by atoms with Crippen LogP contribution < -0.4 is 4.74 Å². The van der Waals surface area contributed by atoms with E-state index in [-0.39, 0.29) is 13.2 Å². The Kier molecular flexibility index (Phi) is 6.22. The molecule has 0 bridgehead atoms. The minimum Gasteiger partial charge on any atom is -0.496 e. The highest BCUT2D eigenvalue weighted by Crippen LogP contribution is 2.18. The van der Waals surface area contributed by atoms with E-state index in [0.717, 1.165) is 16.9 Å². The monoisotopic (exact) mass is 288 g/mol. The topological polar surface area (TPSA) is 47.9 Å². The van der Waals surface area contributed by atoms with E-state index >= 15 is 0 Å². The van der Waals surface area contributed by atoms with Crippen LogP contribution in [-0.4, -0.2) is 25.1 Å². The predicted octanol–water partition coefficient (Wildman–Crippen LogP) is 2.75. The van der Waals surface area contributed by atoms with Gasteiger partial charge in [-0.3, -0.25) is 0 Å². The zero-order valence-electron chi connectivity index (χ0n) is 12.1. The molecule has 0 spiro atoms. The summed E-state index contributed by atoms with van der Waals surface area (Å²) in [5.41, 5.74) is 1.96. The molecular weight excluding hydrogens is 268 g/mol. The van der Waals surface area contributed by atoms with Gasteiger partial charge in [-0.05, 0) is 11.6 Å². The molecule has 2 aromatic carbocycles. The van der Waals surface area contributed by atoms with Crippen LogP contribution in [0.4, 0.5) is 0 Å². The number of aliphatic hydroxyl groups is 1. The van der Waals surface area contributed by atoms with Gasteiger partial charge in [-0.25, -0.2) is 0 Å². The predicted molar refractivity (Wildman–Crippen MR) is 79.9 cm³/mol. The van der Waals surface area contributed by atoms with Gasteiger partial charge in [0.2, 0.25) is 0 Å². The summed E-state index contributed by atoms with van der Waals surface area (Å²) in [7, 11) is 1.61. The van der Waals surface area contributed by atoms with Gasteiger partial charge in [0, 0.05) is 5.56 Å². The first kappa shape index (κ1) is 15.5. The van der Waals surface area contributed by atoms with Crippen LogP contribution in [0.25, 0.3) is 0 Å². The molecule has 0 aliphatic heterocycles. The van der Waals surface area contributed by atoms with Gasteiger partial charge in [0.15, 0.2) is 6.29 Å². The number of hydrogen-bond acceptors (Lipinski definition) is 4. The van der Waals surface area contributed by atoms with Gasteiger partial charge in [0.25, 0.3) is 0 Å². The fraction of sp³-hybridized carbons (Fsp3) is 0.294. The summed E-state index contributed by atoms with van der Waals surface area (Å²) in [6, 6.07) is 17.4. The number of hydrogen-bond donors (Lipinski definition) is 1. The molecule has 4 nitrogen and oxygen atoms in total. The average molecular weight is 288 g/mol. The van der Waals surface area contributed by atoms with Crippen LogP contribution in [0.5, 0.6) is 5.75 Å². The van der Waals surface area contributed by atoms with Crippen molar-refractivity contribution >= 4 is 0 Å². The van der Waals surface area contributed by atoms with E-state index < -0.39 is 6.29 Å². The smallest absolute Gasteiger partial charge is 0.178 e. The zero-order valence-corrected chi connectivity index (χ0v) is 12.1. The second-order valence-electron chi connectivity index (χ2n) is 4.58. The standard InChI is InChI=1S/C17H20O4/c1-19-16-10-6-5-9-15(16)12-21-17(18)13-20-11-14-7-3-2-4-8-14/h2-10,17-18H,11-13H2,1H3. The summed E-state index contributed by atoms with van der Waals surface area (Å²) in [5, 5.41) is 9.76. The molecule has 1 unspecified atom stereocenters. The highest BCUT2D eigenvalue weighted by atomic mass is 16.6. The van der Waals surface area contributed by atoms with Crippen molar-refractivity contribution < 1.29 is 19.3 Å². The molecule has 1 atom stereocenters. The summed E-state index contributed by atoms with van der Waals surface area (Å²) < 4.78 is 16.0. The molecule has 0 aliphatic rings.